The monoisotopic (exact) mass is 763 g/mol. The zero-order chi connectivity index (χ0) is 38.8. The summed E-state index contributed by atoms with van der Waals surface area (Å²) >= 11 is 0. The fraction of sp³-hybridized carbons (Fsp3) is 0.488. The molecule has 4 amide bonds. The van der Waals surface area contributed by atoms with E-state index < -0.39 is 18.0 Å². The first-order valence-corrected chi connectivity index (χ1v) is 20.2. The zero-order valence-corrected chi connectivity index (χ0v) is 32.5. The highest BCUT2D eigenvalue weighted by Crippen LogP contribution is 2.27. The third-order valence-electron chi connectivity index (χ3n) is 12.3. The Bertz CT molecular complexity index is 2090. The van der Waals surface area contributed by atoms with Crippen molar-refractivity contribution in [2.75, 3.05) is 64.2 Å². The van der Waals surface area contributed by atoms with E-state index in [4.69, 9.17) is 9.15 Å². The summed E-state index contributed by atoms with van der Waals surface area (Å²) in [5.41, 5.74) is 6.04. The smallest absolute Gasteiger partial charge is 0.419 e. The molecule has 1 atom stereocenters. The van der Waals surface area contributed by atoms with Crippen LogP contribution in [0.4, 0.5) is 15.3 Å². The molecule has 4 aromatic rings. The van der Waals surface area contributed by atoms with Gasteiger partial charge in [-0.2, -0.15) is 0 Å². The summed E-state index contributed by atoms with van der Waals surface area (Å²) in [5, 5.41) is 3.06. The Morgan fingerprint density at radius 2 is 1.48 bits per heavy atom. The number of urea groups is 1. The summed E-state index contributed by atoms with van der Waals surface area (Å²) in [6.45, 7) is 9.59. The average molecular weight is 764 g/mol. The van der Waals surface area contributed by atoms with Gasteiger partial charge in [0.05, 0.1) is 5.52 Å². The summed E-state index contributed by atoms with van der Waals surface area (Å²) in [4.78, 5) is 64.2. The normalized spacial score (nSPS) is 19.8. The van der Waals surface area contributed by atoms with Crippen LogP contribution in [-0.4, -0.2) is 124 Å². The molecule has 0 aliphatic carbocycles. The van der Waals surface area contributed by atoms with Crippen LogP contribution in [0.1, 0.15) is 47.9 Å². The number of piperidine rings is 2. The van der Waals surface area contributed by atoms with Gasteiger partial charge in [0.25, 0.3) is 5.91 Å². The van der Waals surface area contributed by atoms with Crippen molar-refractivity contribution in [1.82, 2.24) is 29.1 Å². The van der Waals surface area contributed by atoms with Crippen molar-refractivity contribution in [3.8, 4) is 0 Å². The summed E-state index contributed by atoms with van der Waals surface area (Å²) in [5.74, 6) is -0.655. The van der Waals surface area contributed by atoms with Gasteiger partial charge in [0.2, 0.25) is 0 Å². The molecule has 8 rings (SSSR count). The van der Waals surface area contributed by atoms with E-state index >= 15 is 0 Å². The minimum Gasteiger partial charge on any atom is -0.436 e. The third kappa shape index (κ3) is 8.20. The number of carbonyl (C=O) groups is 3. The number of benzene rings is 3. The van der Waals surface area contributed by atoms with Crippen molar-refractivity contribution in [3.63, 3.8) is 0 Å². The van der Waals surface area contributed by atoms with Crippen molar-refractivity contribution in [2.45, 2.75) is 70.2 Å². The molecular formula is C43H53N7O6. The Kier molecular flexibility index (Phi) is 11.1. The summed E-state index contributed by atoms with van der Waals surface area (Å²) in [7, 11) is 1.67. The molecule has 4 aliphatic rings. The molecule has 296 valence electrons. The number of likely N-dealkylation sites (tertiary alicyclic amines) is 2. The van der Waals surface area contributed by atoms with Gasteiger partial charge in [-0.25, -0.2) is 14.4 Å². The SMILES string of the molecule is Cc1cc(C[C@@H](OC(=O)N2CCC(N3CCc4ccccc4NC3=O)CC2)C(=O)N2CCC(N3CCN(Cc4ccccc4)CC3)CC2)cc2oc(=O)n(C)c12. The second kappa shape index (κ2) is 16.5. The number of oxazole rings is 1. The van der Waals surface area contributed by atoms with E-state index in [9.17, 15) is 19.2 Å². The number of aryl methyl sites for hydroxylation is 2. The van der Waals surface area contributed by atoms with Crippen LogP contribution in [0.25, 0.3) is 11.1 Å². The minimum atomic E-state index is -1.04. The second-order valence-corrected chi connectivity index (χ2v) is 15.9. The number of nitrogens with one attached hydrogen (secondary N) is 1. The molecule has 3 fully saturated rings. The number of ether oxygens (including phenoxy) is 1. The van der Waals surface area contributed by atoms with Crippen LogP contribution in [0.5, 0.6) is 0 Å². The highest BCUT2D eigenvalue weighted by atomic mass is 16.6. The zero-order valence-electron chi connectivity index (χ0n) is 32.5. The van der Waals surface area contributed by atoms with Gasteiger partial charge in [-0.15, -0.1) is 0 Å². The molecule has 0 radical (unpaired) electrons. The quantitative estimate of drug-likeness (QED) is 0.271. The molecule has 3 aromatic carbocycles. The highest BCUT2D eigenvalue weighted by Gasteiger charge is 2.37. The Morgan fingerprint density at radius 3 is 2.23 bits per heavy atom. The molecule has 1 N–H and O–H groups in total. The van der Waals surface area contributed by atoms with Gasteiger partial charge in [0.1, 0.15) is 0 Å². The van der Waals surface area contributed by atoms with Gasteiger partial charge >= 0.3 is 17.9 Å². The van der Waals surface area contributed by atoms with Crippen LogP contribution < -0.4 is 11.1 Å². The fourth-order valence-corrected chi connectivity index (χ4v) is 9.17. The molecular weight excluding hydrogens is 711 g/mol. The number of anilines is 1. The number of rotatable bonds is 8. The number of fused-ring (bicyclic) bond motifs is 2. The topological polar surface area (TPSA) is 124 Å². The first-order chi connectivity index (χ1) is 27.2. The standard InChI is InChI=1S/C43H53N7O6/c1-30-26-32(27-37-39(30)45(2)42(53)55-37)28-38(40(51)48-17-13-34(14-18-48)47-24-22-46(23-25-47)29-31-8-4-3-5-9-31)56-43(54)49-19-15-35(16-20-49)50-21-12-33-10-6-7-11-36(33)44-41(50)52/h3-11,26-27,34-35,38H,12-25,28-29H2,1-2H3,(H,44,52)/t38-/m1/s1. The van der Waals surface area contributed by atoms with Crippen molar-refractivity contribution in [3.05, 3.63) is 99.5 Å². The lowest BCUT2D eigenvalue weighted by molar-refractivity contribution is -0.142. The first kappa shape index (κ1) is 37.8. The molecule has 0 spiro atoms. The maximum Gasteiger partial charge on any atom is 0.419 e. The number of amides is 4. The molecule has 0 bridgehead atoms. The van der Waals surface area contributed by atoms with Gasteiger partial charge in [0.15, 0.2) is 11.7 Å². The van der Waals surface area contributed by atoms with Crippen LogP contribution in [0, 0.1) is 6.92 Å². The largest absolute Gasteiger partial charge is 0.436 e. The Morgan fingerprint density at radius 1 is 0.804 bits per heavy atom. The molecule has 4 aliphatic heterocycles. The van der Waals surface area contributed by atoms with Crippen LogP contribution in [0.3, 0.4) is 0 Å². The van der Waals surface area contributed by atoms with Crippen molar-refractivity contribution in [2.24, 2.45) is 7.05 Å². The van der Waals surface area contributed by atoms with Gasteiger partial charge in [-0.3, -0.25) is 19.2 Å². The number of para-hydroxylation sites is 1. The van der Waals surface area contributed by atoms with Crippen LogP contribution in [-0.2, 0) is 36.0 Å². The molecule has 5 heterocycles. The minimum absolute atomic E-state index is 0.00541. The average Bonchev–Trinajstić information content (AvgIpc) is 3.39. The molecule has 13 nitrogen and oxygen atoms in total. The number of piperazine rings is 1. The summed E-state index contributed by atoms with van der Waals surface area (Å²) in [6.07, 6.45) is 2.34. The number of carbonyl (C=O) groups excluding carboxylic acids is 3. The number of nitrogens with zero attached hydrogens (tertiary/aromatic N) is 6. The van der Waals surface area contributed by atoms with E-state index in [2.05, 4.69) is 45.4 Å². The lowest BCUT2D eigenvalue weighted by atomic mass is 9.99. The van der Waals surface area contributed by atoms with Crippen molar-refractivity contribution >= 4 is 34.8 Å². The number of aromatic nitrogens is 1. The molecule has 56 heavy (non-hydrogen) atoms. The van der Waals surface area contributed by atoms with E-state index in [0.29, 0.717) is 62.7 Å². The van der Waals surface area contributed by atoms with Crippen molar-refractivity contribution < 1.29 is 23.5 Å². The van der Waals surface area contributed by atoms with Crippen LogP contribution in [0.2, 0.25) is 0 Å². The molecule has 0 unspecified atom stereocenters. The Labute approximate surface area is 327 Å². The first-order valence-electron chi connectivity index (χ1n) is 20.2. The van der Waals surface area contributed by atoms with E-state index in [1.807, 2.05) is 47.1 Å². The van der Waals surface area contributed by atoms with Crippen LogP contribution >= 0.6 is 0 Å². The fourth-order valence-electron chi connectivity index (χ4n) is 9.17. The summed E-state index contributed by atoms with van der Waals surface area (Å²) < 4.78 is 13.1. The van der Waals surface area contributed by atoms with Gasteiger partial charge in [-0.1, -0.05) is 54.6 Å². The lowest BCUT2D eigenvalue weighted by Crippen LogP contribution is -2.55. The molecule has 1 aromatic heterocycles. The molecule has 0 saturated carbocycles. The van der Waals surface area contributed by atoms with E-state index in [1.165, 1.54) is 10.1 Å². The van der Waals surface area contributed by atoms with Gasteiger partial charge in [-0.05, 0) is 73.4 Å². The molecule has 3 saturated heterocycles. The third-order valence-corrected chi connectivity index (χ3v) is 12.3. The Balaban J connectivity index is 0.902. The van der Waals surface area contributed by atoms with Gasteiger partial charge < -0.3 is 29.2 Å². The maximum atomic E-state index is 14.3. The van der Waals surface area contributed by atoms with E-state index in [0.717, 1.165) is 74.4 Å². The number of hydrogen-bond donors (Lipinski definition) is 1. The van der Waals surface area contributed by atoms with Gasteiger partial charge in [0, 0.05) is 96.7 Å². The predicted molar refractivity (Wildman–Crippen MR) is 214 cm³/mol. The Hall–Kier alpha value is -5.14. The second-order valence-electron chi connectivity index (χ2n) is 15.9. The number of hydrogen-bond acceptors (Lipinski definition) is 8. The highest BCUT2D eigenvalue weighted by molar-refractivity contribution is 5.91. The lowest BCUT2D eigenvalue weighted by Gasteiger charge is -2.43. The van der Waals surface area contributed by atoms with Crippen LogP contribution in [0.15, 0.2) is 75.9 Å². The predicted octanol–water partition coefficient (Wildman–Crippen LogP) is 4.85. The molecule has 13 heteroatoms. The van der Waals surface area contributed by atoms with E-state index in [-0.39, 0.29) is 24.4 Å². The maximum absolute atomic E-state index is 14.3. The summed E-state index contributed by atoms with van der Waals surface area (Å²) in [6, 6.07) is 22.5. The van der Waals surface area contributed by atoms with E-state index in [1.54, 1.807) is 18.0 Å². The van der Waals surface area contributed by atoms with Crippen molar-refractivity contribution in [1.29, 1.82) is 0 Å².